The van der Waals surface area contributed by atoms with E-state index in [-0.39, 0.29) is 31.0 Å². The number of pyridine rings is 1. The van der Waals surface area contributed by atoms with Crippen LogP contribution < -0.4 is 10.5 Å². The smallest absolute Gasteiger partial charge is 0.271 e. The number of nitrogens with two attached hydrogens (primary N) is 1. The summed E-state index contributed by atoms with van der Waals surface area (Å²) in [6.45, 7) is 0.123. The van der Waals surface area contributed by atoms with Gasteiger partial charge >= 0.3 is 0 Å². The van der Waals surface area contributed by atoms with Crippen molar-refractivity contribution in [1.29, 1.82) is 0 Å². The molecule has 1 heterocycles. The maximum absolute atomic E-state index is 12.0. The number of nitrogens with zero attached hydrogens (tertiary/aromatic N) is 1. The lowest BCUT2D eigenvalue weighted by atomic mass is 10.2. The third-order valence-electron chi connectivity index (χ3n) is 2.37. The van der Waals surface area contributed by atoms with Crippen molar-refractivity contribution in [2.45, 2.75) is 12.8 Å². The van der Waals surface area contributed by atoms with Crippen LogP contribution in [0.3, 0.4) is 0 Å². The Morgan fingerprint density at radius 2 is 2.24 bits per heavy atom. The molecule has 21 heavy (non-hydrogen) atoms. The molecule has 1 aromatic heterocycles. The number of aliphatic hydroxyl groups is 1. The summed E-state index contributed by atoms with van der Waals surface area (Å²) in [6, 6.07) is 3.30. The molecule has 0 aliphatic rings. The van der Waals surface area contributed by atoms with Gasteiger partial charge in [0.15, 0.2) is 0 Å². The number of rotatable bonds is 6. The van der Waals surface area contributed by atoms with Crippen LogP contribution in [0.5, 0.6) is 0 Å². The number of hydrogen-bond donors (Lipinski definition) is 3. The number of nitrogens with one attached hydrogen (secondary N) is 1. The summed E-state index contributed by atoms with van der Waals surface area (Å²) >= 11 is 0. The van der Waals surface area contributed by atoms with Crippen LogP contribution in [0.1, 0.15) is 28.9 Å². The molecule has 1 aromatic rings. The second kappa shape index (κ2) is 8.36. The lowest BCUT2D eigenvalue weighted by Crippen LogP contribution is -2.28. The van der Waals surface area contributed by atoms with Crippen molar-refractivity contribution in [2.75, 3.05) is 18.9 Å². The number of sulfonamides is 1. The van der Waals surface area contributed by atoms with Crippen molar-refractivity contribution in [3.63, 3.8) is 0 Å². The molecule has 0 aromatic carbocycles. The van der Waals surface area contributed by atoms with Gasteiger partial charge in [-0.1, -0.05) is 11.8 Å². The van der Waals surface area contributed by atoms with Crippen LogP contribution in [-0.4, -0.2) is 43.3 Å². The van der Waals surface area contributed by atoms with Crippen molar-refractivity contribution < 1.29 is 18.3 Å². The minimum Gasteiger partial charge on any atom is -0.395 e. The Kier molecular flexibility index (Phi) is 6.81. The van der Waals surface area contributed by atoms with Gasteiger partial charge in [-0.25, -0.2) is 18.5 Å². The van der Waals surface area contributed by atoms with Crippen molar-refractivity contribution >= 4 is 15.9 Å². The molecule has 0 aliphatic carbocycles. The SMILES string of the molecule is NS(=O)(=O)CCCNC(=O)c1ncccc1C#CCCO. The van der Waals surface area contributed by atoms with Crippen LogP contribution in [0.2, 0.25) is 0 Å². The molecule has 0 saturated heterocycles. The normalized spacial score (nSPS) is 10.6. The number of hydrogen-bond acceptors (Lipinski definition) is 5. The van der Waals surface area contributed by atoms with E-state index in [1.54, 1.807) is 12.1 Å². The van der Waals surface area contributed by atoms with E-state index in [0.29, 0.717) is 12.0 Å². The van der Waals surface area contributed by atoms with E-state index in [0.717, 1.165) is 0 Å². The Balaban J connectivity index is 2.64. The van der Waals surface area contributed by atoms with Gasteiger partial charge in [0.1, 0.15) is 5.69 Å². The summed E-state index contributed by atoms with van der Waals surface area (Å²) in [5, 5.41) is 16.1. The Labute approximate surface area is 123 Å². The van der Waals surface area contributed by atoms with Crippen LogP contribution in [0.25, 0.3) is 0 Å². The first-order valence-corrected chi connectivity index (χ1v) is 7.99. The number of aliphatic hydroxyl groups excluding tert-OH is 1. The summed E-state index contributed by atoms with van der Waals surface area (Å²) in [6.07, 6.45) is 2.00. The first-order valence-electron chi connectivity index (χ1n) is 6.27. The third kappa shape index (κ3) is 6.85. The van der Waals surface area contributed by atoms with Gasteiger partial charge in [0, 0.05) is 19.2 Å². The average Bonchev–Trinajstić information content (AvgIpc) is 2.43. The summed E-state index contributed by atoms with van der Waals surface area (Å²) in [7, 11) is -3.52. The fraction of sp³-hybridized carbons (Fsp3) is 0.385. The molecule has 7 nitrogen and oxygen atoms in total. The van der Waals surface area contributed by atoms with Gasteiger partial charge in [-0.3, -0.25) is 4.79 Å². The Morgan fingerprint density at radius 1 is 1.48 bits per heavy atom. The van der Waals surface area contributed by atoms with Crippen molar-refractivity contribution in [3.8, 4) is 11.8 Å². The molecule has 0 radical (unpaired) electrons. The van der Waals surface area contributed by atoms with Gasteiger partial charge in [0.25, 0.3) is 5.91 Å². The number of amides is 1. The van der Waals surface area contributed by atoms with E-state index >= 15 is 0 Å². The predicted molar refractivity (Wildman–Crippen MR) is 77.7 cm³/mol. The van der Waals surface area contributed by atoms with E-state index in [4.69, 9.17) is 10.2 Å². The van der Waals surface area contributed by atoms with Gasteiger partial charge in [0.05, 0.1) is 17.9 Å². The molecule has 1 rings (SSSR count). The number of aromatic nitrogens is 1. The minimum absolute atomic E-state index is 0.0532. The molecule has 0 aliphatic heterocycles. The molecule has 0 spiro atoms. The fourth-order valence-electron chi connectivity index (χ4n) is 1.46. The molecule has 0 unspecified atom stereocenters. The Bertz CT molecular complexity index is 647. The average molecular weight is 311 g/mol. The van der Waals surface area contributed by atoms with Gasteiger partial charge in [0.2, 0.25) is 10.0 Å². The molecule has 0 fully saturated rings. The van der Waals surface area contributed by atoms with Crippen molar-refractivity contribution in [1.82, 2.24) is 10.3 Å². The van der Waals surface area contributed by atoms with Crippen LogP contribution >= 0.6 is 0 Å². The monoisotopic (exact) mass is 311 g/mol. The van der Waals surface area contributed by atoms with Gasteiger partial charge in [-0.2, -0.15) is 0 Å². The summed E-state index contributed by atoms with van der Waals surface area (Å²) in [5.74, 6) is 4.85. The highest BCUT2D eigenvalue weighted by atomic mass is 32.2. The maximum atomic E-state index is 12.0. The standard InChI is InChI=1S/C13H17N3O4S/c14-21(19,20)10-4-8-16-13(18)12-11(5-1-2-9-17)6-3-7-15-12/h3,6-7,17H,2,4,8-10H2,(H,16,18)(H2,14,19,20). The third-order valence-corrected chi connectivity index (χ3v) is 3.23. The number of carbonyl (C=O) groups is 1. The Hall–Kier alpha value is -1.95. The molecular weight excluding hydrogens is 294 g/mol. The second-order valence-electron chi connectivity index (χ2n) is 4.15. The largest absolute Gasteiger partial charge is 0.395 e. The molecule has 0 saturated carbocycles. The summed E-state index contributed by atoms with van der Waals surface area (Å²) < 4.78 is 21.5. The topological polar surface area (TPSA) is 122 Å². The number of primary sulfonamides is 1. The van der Waals surface area contributed by atoms with Gasteiger partial charge in [-0.05, 0) is 18.6 Å². The highest BCUT2D eigenvalue weighted by molar-refractivity contribution is 7.89. The zero-order chi connectivity index (χ0) is 15.7. The zero-order valence-electron chi connectivity index (χ0n) is 11.4. The lowest BCUT2D eigenvalue weighted by Gasteiger charge is -2.05. The van der Waals surface area contributed by atoms with Crippen molar-refractivity contribution in [3.05, 3.63) is 29.6 Å². The van der Waals surface area contributed by atoms with E-state index in [1.165, 1.54) is 6.20 Å². The van der Waals surface area contributed by atoms with Crippen LogP contribution in [0.15, 0.2) is 18.3 Å². The molecule has 1 amide bonds. The van der Waals surface area contributed by atoms with Gasteiger partial charge in [-0.15, -0.1) is 0 Å². The second-order valence-corrected chi connectivity index (χ2v) is 5.89. The molecule has 0 bridgehead atoms. The molecule has 0 atom stereocenters. The molecule has 114 valence electrons. The van der Waals surface area contributed by atoms with Crippen LogP contribution in [0, 0.1) is 11.8 Å². The molecule has 4 N–H and O–H groups in total. The summed E-state index contributed by atoms with van der Waals surface area (Å²) in [4.78, 5) is 15.9. The van der Waals surface area contributed by atoms with E-state index in [9.17, 15) is 13.2 Å². The molecular formula is C13H17N3O4S. The maximum Gasteiger partial charge on any atom is 0.271 e. The number of carbonyl (C=O) groups excluding carboxylic acids is 1. The Morgan fingerprint density at radius 3 is 2.90 bits per heavy atom. The highest BCUT2D eigenvalue weighted by Gasteiger charge is 2.11. The van der Waals surface area contributed by atoms with Crippen LogP contribution in [0.4, 0.5) is 0 Å². The minimum atomic E-state index is -3.52. The first-order chi connectivity index (χ1) is 9.94. The predicted octanol–water partition coefficient (Wildman–Crippen LogP) is -0.776. The summed E-state index contributed by atoms with van der Waals surface area (Å²) in [5.41, 5.74) is 0.619. The van der Waals surface area contributed by atoms with Crippen molar-refractivity contribution in [2.24, 2.45) is 5.14 Å². The van der Waals surface area contributed by atoms with Gasteiger partial charge < -0.3 is 10.4 Å². The van der Waals surface area contributed by atoms with E-state index < -0.39 is 15.9 Å². The lowest BCUT2D eigenvalue weighted by molar-refractivity contribution is 0.0948. The quantitative estimate of drug-likeness (QED) is 0.470. The zero-order valence-corrected chi connectivity index (χ0v) is 12.2. The highest BCUT2D eigenvalue weighted by Crippen LogP contribution is 2.03. The molecule has 8 heteroatoms. The first kappa shape index (κ1) is 17.1. The van der Waals surface area contributed by atoms with E-state index in [1.807, 2.05) is 0 Å². The van der Waals surface area contributed by atoms with E-state index in [2.05, 4.69) is 22.1 Å². The van der Waals surface area contributed by atoms with Crippen LogP contribution in [-0.2, 0) is 10.0 Å². The fourth-order valence-corrected chi connectivity index (χ4v) is 2.01.